The van der Waals surface area contributed by atoms with Crippen LogP contribution >= 0.6 is 23.4 Å². The summed E-state index contributed by atoms with van der Waals surface area (Å²) in [6, 6.07) is 19.1. The van der Waals surface area contributed by atoms with Gasteiger partial charge < -0.3 is 10.1 Å². The van der Waals surface area contributed by atoms with Gasteiger partial charge in [-0.15, -0.1) is 11.8 Å². The van der Waals surface area contributed by atoms with E-state index in [-0.39, 0.29) is 5.91 Å². The molecule has 0 unspecified atom stereocenters. The average molecular weight is 358 g/mol. The predicted octanol–water partition coefficient (Wildman–Crippen LogP) is 5.23. The second-order valence-corrected chi connectivity index (χ2v) is 6.59. The number of hydrogen-bond acceptors (Lipinski definition) is 3. The molecule has 3 aromatic carbocycles. The molecule has 0 saturated carbocycles. The number of anilines is 1. The summed E-state index contributed by atoms with van der Waals surface area (Å²) in [5.74, 6) is 0.945. The Kier molecular flexibility index (Phi) is 5.28. The zero-order valence-electron chi connectivity index (χ0n) is 13.1. The van der Waals surface area contributed by atoms with Crippen molar-refractivity contribution in [3.05, 3.63) is 65.7 Å². The molecule has 3 nitrogen and oxygen atoms in total. The zero-order chi connectivity index (χ0) is 16.9. The molecule has 0 saturated heterocycles. The summed E-state index contributed by atoms with van der Waals surface area (Å²) in [6.07, 6.45) is 0. The van der Waals surface area contributed by atoms with Crippen molar-refractivity contribution in [2.24, 2.45) is 0 Å². The molecule has 0 aliphatic carbocycles. The Labute approximate surface area is 150 Å². The third-order valence-electron chi connectivity index (χ3n) is 3.53. The van der Waals surface area contributed by atoms with Gasteiger partial charge in [0.05, 0.1) is 12.9 Å². The molecule has 0 aliphatic rings. The first-order valence-electron chi connectivity index (χ1n) is 7.41. The molecule has 0 fully saturated rings. The Hall–Kier alpha value is -2.17. The van der Waals surface area contributed by atoms with Gasteiger partial charge in [0.25, 0.3) is 0 Å². The standard InChI is InChI=1S/C19H16ClNO2S/c1-23-15-8-4-7-14(11-15)21-18(22)12-24-17-10-3-6-13-5-2-9-16(20)19(13)17/h2-11H,12H2,1H3,(H,21,22). The lowest BCUT2D eigenvalue weighted by atomic mass is 10.1. The minimum absolute atomic E-state index is 0.0719. The topological polar surface area (TPSA) is 38.3 Å². The molecule has 0 aliphatic heterocycles. The molecular formula is C19H16ClNO2S. The van der Waals surface area contributed by atoms with Crippen LogP contribution in [0.1, 0.15) is 0 Å². The fourth-order valence-electron chi connectivity index (χ4n) is 2.42. The van der Waals surface area contributed by atoms with Crippen LogP contribution in [0.5, 0.6) is 5.75 Å². The Morgan fingerprint density at radius 1 is 1.12 bits per heavy atom. The average Bonchev–Trinajstić information content (AvgIpc) is 2.60. The second kappa shape index (κ2) is 7.60. The van der Waals surface area contributed by atoms with Crippen LogP contribution in [-0.2, 0) is 4.79 Å². The maximum absolute atomic E-state index is 12.2. The summed E-state index contributed by atoms with van der Waals surface area (Å²) in [5.41, 5.74) is 0.718. The van der Waals surface area contributed by atoms with Gasteiger partial charge in [0, 0.05) is 27.1 Å². The number of amides is 1. The van der Waals surface area contributed by atoms with Gasteiger partial charge in [-0.3, -0.25) is 4.79 Å². The van der Waals surface area contributed by atoms with Gasteiger partial charge >= 0.3 is 0 Å². The van der Waals surface area contributed by atoms with Crippen LogP contribution < -0.4 is 10.1 Å². The van der Waals surface area contributed by atoms with Crippen molar-refractivity contribution < 1.29 is 9.53 Å². The number of rotatable bonds is 5. The van der Waals surface area contributed by atoms with Crippen LogP contribution in [0.3, 0.4) is 0 Å². The summed E-state index contributed by atoms with van der Waals surface area (Å²) in [5, 5.41) is 5.63. The quantitative estimate of drug-likeness (QED) is 0.635. The van der Waals surface area contributed by atoms with Crippen LogP contribution in [0.15, 0.2) is 65.6 Å². The fraction of sp³-hybridized carbons (Fsp3) is 0.105. The number of halogens is 1. The van der Waals surface area contributed by atoms with Gasteiger partial charge in [-0.05, 0) is 29.7 Å². The van der Waals surface area contributed by atoms with E-state index >= 15 is 0 Å². The number of benzene rings is 3. The van der Waals surface area contributed by atoms with E-state index in [1.807, 2.05) is 54.6 Å². The van der Waals surface area contributed by atoms with E-state index in [4.69, 9.17) is 16.3 Å². The summed E-state index contributed by atoms with van der Waals surface area (Å²) in [6.45, 7) is 0. The summed E-state index contributed by atoms with van der Waals surface area (Å²) in [7, 11) is 1.60. The Bertz CT molecular complexity index is 877. The molecule has 1 amide bonds. The number of carbonyl (C=O) groups excluding carboxylic acids is 1. The maximum atomic E-state index is 12.2. The highest BCUT2D eigenvalue weighted by molar-refractivity contribution is 8.00. The van der Waals surface area contributed by atoms with Crippen molar-refractivity contribution in [2.75, 3.05) is 18.2 Å². The van der Waals surface area contributed by atoms with E-state index in [2.05, 4.69) is 5.32 Å². The van der Waals surface area contributed by atoms with E-state index in [1.165, 1.54) is 11.8 Å². The van der Waals surface area contributed by atoms with Crippen LogP contribution in [0, 0.1) is 0 Å². The number of thioether (sulfide) groups is 1. The normalized spacial score (nSPS) is 10.6. The summed E-state index contributed by atoms with van der Waals surface area (Å²) >= 11 is 7.79. The van der Waals surface area contributed by atoms with Gasteiger partial charge in [0.1, 0.15) is 5.75 Å². The smallest absolute Gasteiger partial charge is 0.234 e. The highest BCUT2D eigenvalue weighted by atomic mass is 35.5. The number of ether oxygens (including phenoxy) is 1. The Morgan fingerprint density at radius 2 is 1.88 bits per heavy atom. The molecule has 1 N–H and O–H groups in total. The molecule has 0 bridgehead atoms. The maximum Gasteiger partial charge on any atom is 0.234 e. The second-order valence-electron chi connectivity index (χ2n) is 5.16. The van der Waals surface area contributed by atoms with Crippen LogP contribution in [0.2, 0.25) is 5.02 Å². The van der Waals surface area contributed by atoms with E-state index in [0.29, 0.717) is 16.5 Å². The van der Waals surface area contributed by atoms with Crippen molar-refractivity contribution in [1.29, 1.82) is 0 Å². The Morgan fingerprint density at radius 3 is 2.67 bits per heavy atom. The number of fused-ring (bicyclic) bond motifs is 1. The van der Waals surface area contributed by atoms with Crippen molar-refractivity contribution in [3.63, 3.8) is 0 Å². The monoisotopic (exact) mass is 357 g/mol. The minimum Gasteiger partial charge on any atom is -0.497 e. The lowest BCUT2D eigenvalue weighted by Crippen LogP contribution is -2.13. The first-order valence-corrected chi connectivity index (χ1v) is 8.77. The third-order valence-corrected chi connectivity index (χ3v) is 4.90. The molecular weight excluding hydrogens is 342 g/mol. The molecule has 3 rings (SSSR count). The molecule has 0 heterocycles. The van der Waals surface area contributed by atoms with Gasteiger partial charge in [0.15, 0.2) is 0 Å². The molecule has 122 valence electrons. The number of hydrogen-bond donors (Lipinski definition) is 1. The van der Waals surface area contributed by atoms with Crippen LogP contribution in [0.4, 0.5) is 5.69 Å². The molecule has 0 aromatic heterocycles. The van der Waals surface area contributed by atoms with Gasteiger partial charge in [0.2, 0.25) is 5.91 Å². The summed E-state index contributed by atoms with van der Waals surface area (Å²) < 4.78 is 5.16. The fourth-order valence-corrected chi connectivity index (χ4v) is 3.67. The number of methoxy groups -OCH3 is 1. The molecule has 3 aromatic rings. The molecule has 24 heavy (non-hydrogen) atoms. The van der Waals surface area contributed by atoms with Crippen LogP contribution in [-0.4, -0.2) is 18.8 Å². The molecule has 0 atom stereocenters. The largest absolute Gasteiger partial charge is 0.497 e. The first kappa shape index (κ1) is 16.7. The summed E-state index contributed by atoms with van der Waals surface area (Å²) in [4.78, 5) is 13.2. The first-order chi connectivity index (χ1) is 11.7. The predicted molar refractivity (Wildman–Crippen MR) is 101 cm³/mol. The van der Waals surface area contributed by atoms with Crippen molar-refractivity contribution in [3.8, 4) is 5.75 Å². The Balaban J connectivity index is 1.70. The lowest BCUT2D eigenvalue weighted by Gasteiger charge is -2.09. The van der Waals surface area contributed by atoms with E-state index in [0.717, 1.165) is 21.4 Å². The minimum atomic E-state index is -0.0719. The van der Waals surface area contributed by atoms with E-state index in [1.54, 1.807) is 13.2 Å². The van der Waals surface area contributed by atoms with Gasteiger partial charge in [-0.2, -0.15) is 0 Å². The van der Waals surface area contributed by atoms with E-state index in [9.17, 15) is 4.79 Å². The van der Waals surface area contributed by atoms with Crippen molar-refractivity contribution in [2.45, 2.75) is 4.90 Å². The molecule has 0 spiro atoms. The number of nitrogens with one attached hydrogen (secondary N) is 1. The van der Waals surface area contributed by atoms with Crippen molar-refractivity contribution >= 4 is 45.7 Å². The molecule has 0 radical (unpaired) electrons. The third kappa shape index (κ3) is 3.83. The zero-order valence-corrected chi connectivity index (χ0v) is 14.7. The van der Waals surface area contributed by atoms with Crippen LogP contribution in [0.25, 0.3) is 10.8 Å². The van der Waals surface area contributed by atoms with Gasteiger partial charge in [-0.25, -0.2) is 0 Å². The lowest BCUT2D eigenvalue weighted by molar-refractivity contribution is -0.113. The molecule has 5 heteroatoms. The highest BCUT2D eigenvalue weighted by Gasteiger charge is 2.09. The van der Waals surface area contributed by atoms with Gasteiger partial charge in [-0.1, -0.05) is 41.9 Å². The van der Waals surface area contributed by atoms with Crippen molar-refractivity contribution in [1.82, 2.24) is 0 Å². The SMILES string of the molecule is COc1cccc(NC(=O)CSc2cccc3cccc(Cl)c23)c1. The number of carbonyl (C=O) groups is 1. The highest BCUT2D eigenvalue weighted by Crippen LogP contribution is 2.33. The van der Waals surface area contributed by atoms with E-state index < -0.39 is 0 Å².